The van der Waals surface area contributed by atoms with Crippen molar-refractivity contribution < 1.29 is 14.1 Å². The van der Waals surface area contributed by atoms with Crippen molar-refractivity contribution in [2.45, 2.75) is 45.4 Å². The van der Waals surface area contributed by atoms with Crippen molar-refractivity contribution in [2.24, 2.45) is 5.92 Å². The number of urea groups is 1. The Hall–Kier alpha value is -2.09. The molecule has 0 saturated carbocycles. The number of rotatable bonds is 2. The summed E-state index contributed by atoms with van der Waals surface area (Å²) < 4.78 is 5.32. The molecule has 1 aromatic rings. The number of carbonyl (C=O) groups excluding carboxylic acids is 2. The van der Waals surface area contributed by atoms with E-state index in [1.807, 2.05) is 25.7 Å². The van der Waals surface area contributed by atoms with Gasteiger partial charge in [-0.3, -0.25) is 10.1 Å². The first-order valence-corrected chi connectivity index (χ1v) is 9.87. The summed E-state index contributed by atoms with van der Waals surface area (Å²) >= 11 is 0. The van der Waals surface area contributed by atoms with E-state index in [1.54, 1.807) is 11.0 Å². The Morgan fingerprint density at radius 3 is 2.59 bits per heavy atom. The standard InChI is InChI=1S/C19H31N5O3/c1-19(2,3)15-12-16(22-27-15)21-18(26)24-9-5-8-23(10-11-24)17(25)14-6-4-7-20-13-14/h12,14,20H,4-11,13H2,1-3H3,(H,21,22,26). The lowest BCUT2D eigenvalue weighted by Gasteiger charge is -2.28. The van der Waals surface area contributed by atoms with Crippen molar-refractivity contribution in [3.05, 3.63) is 11.8 Å². The first kappa shape index (κ1) is 19.7. The lowest BCUT2D eigenvalue weighted by Crippen LogP contribution is -2.45. The summed E-state index contributed by atoms with van der Waals surface area (Å²) in [7, 11) is 0. The highest BCUT2D eigenvalue weighted by Gasteiger charge is 2.28. The second kappa shape index (κ2) is 8.29. The quantitative estimate of drug-likeness (QED) is 0.823. The molecule has 0 spiro atoms. The van der Waals surface area contributed by atoms with Crippen LogP contribution >= 0.6 is 0 Å². The number of nitrogens with zero attached hydrogens (tertiary/aromatic N) is 3. The van der Waals surface area contributed by atoms with Gasteiger partial charge in [0.05, 0.1) is 5.92 Å². The molecule has 1 atom stereocenters. The number of carbonyl (C=O) groups is 2. The second-order valence-electron chi connectivity index (χ2n) is 8.47. The second-order valence-corrected chi connectivity index (χ2v) is 8.47. The van der Waals surface area contributed by atoms with Crippen molar-refractivity contribution >= 4 is 17.8 Å². The number of anilines is 1. The van der Waals surface area contributed by atoms with E-state index in [4.69, 9.17) is 4.52 Å². The number of hydrogen-bond acceptors (Lipinski definition) is 5. The van der Waals surface area contributed by atoms with Crippen LogP contribution in [0.2, 0.25) is 0 Å². The summed E-state index contributed by atoms with van der Waals surface area (Å²) in [5.74, 6) is 1.45. The van der Waals surface area contributed by atoms with Crippen LogP contribution in [0.1, 0.15) is 45.8 Å². The zero-order chi connectivity index (χ0) is 19.4. The third kappa shape index (κ3) is 5.00. The number of hydrogen-bond donors (Lipinski definition) is 2. The van der Waals surface area contributed by atoms with Crippen LogP contribution in [-0.4, -0.2) is 66.2 Å². The van der Waals surface area contributed by atoms with Crippen LogP contribution in [-0.2, 0) is 10.2 Å². The fourth-order valence-electron chi connectivity index (χ4n) is 3.54. The molecule has 2 fully saturated rings. The number of piperidine rings is 1. The average Bonchev–Trinajstić information content (AvgIpc) is 2.98. The SMILES string of the molecule is CC(C)(C)c1cc(NC(=O)N2CCCN(C(=O)C3CCCNC3)CC2)no1. The molecule has 2 saturated heterocycles. The molecule has 8 heteroatoms. The van der Waals surface area contributed by atoms with Gasteiger partial charge in [-0.15, -0.1) is 0 Å². The highest BCUT2D eigenvalue weighted by Crippen LogP contribution is 2.24. The molecule has 3 heterocycles. The maximum Gasteiger partial charge on any atom is 0.323 e. The first-order valence-electron chi connectivity index (χ1n) is 9.87. The minimum absolute atomic E-state index is 0.0741. The Kier molecular flexibility index (Phi) is 6.04. The number of nitrogens with one attached hydrogen (secondary N) is 2. The fraction of sp³-hybridized carbons (Fsp3) is 0.737. The molecule has 27 heavy (non-hydrogen) atoms. The first-order chi connectivity index (χ1) is 12.8. The molecule has 0 aliphatic carbocycles. The monoisotopic (exact) mass is 377 g/mol. The van der Waals surface area contributed by atoms with Gasteiger partial charge in [0.25, 0.3) is 0 Å². The van der Waals surface area contributed by atoms with E-state index in [-0.39, 0.29) is 23.3 Å². The maximum atomic E-state index is 12.7. The van der Waals surface area contributed by atoms with Gasteiger partial charge in [-0.2, -0.15) is 0 Å². The van der Waals surface area contributed by atoms with Crippen LogP contribution in [0.3, 0.4) is 0 Å². The highest BCUT2D eigenvalue weighted by molar-refractivity contribution is 5.88. The normalized spacial score (nSPS) is 21.7. The fourth-order valence-corrected chi connectivity index (χ4v) is 3.54. The van der Waals surface area contributed by atoms with E-state index >= 15 is 0 Å². The predicted octanol–water partition coefficient (Wildman–Crippen LogP) is 2.04. The van der Waals surface area contributed by atoms with E-state index in [0.29, 0.717) is 32.0 Å². The maximum absolute atomic E-state index is 12.7. The molecule has 1 unspecified atom stereocenters. The number of amides is 3. The summed E-state index contributed by atoms with van der Waals surface area (Å²) in [5, 5.41) is 10.0. The molecule has 150 valence electrons. The molecule has 0 aromatic carbocycles. The molecule has 1 aromatic heterocycles. The van der Waals surface area contributed by atoms with E-state index in [9.17, 15) is 9.59 Å². The van der Waals surface area contributed by atoms with Gasteiger partial charge in [0, 0.05) is 44.2 Å². The summed E-state index contributed by atoms with van der Waals surface area (Å²) in [5.41, 5.74) is -0.159. The van der Waals surface area contributed by atoms with Gasteiger partial charge in [-0.1, -0.05) is 25.9 Å². The van der Waals surface area contributed by atoms with Gasteiger partial charge in [-0.05, 0) is 25.8 Å². The van der Waals surface area contributed by atoms with Gasteiger partial charge in [0.1, 0.15) is 5.76 Å². The summed E-state index contributed by atoms with van der Waals surface area (Å²) in [6.07, 6.45) is 2.78. The minimum Gasteiger partial charge on any atom is -0.359 e. The summed E-state index contributed by atoms with van der Waals surface area (Å²) in [6, 6.07) is 1.57. The van der Waals surface area contributed by atoms with Crippen molar-refractivity contribution in [2.75, 3.05) is 44.6 Å². The lowest BCUT2D eigenvalue weighted by molar-refractivity contribution is -0.135. The van der Waals surface area contributed by atoms with Crippen molar-refractivity contribution in [3.8, 4) is 0 Å². The zero-order valence-corrected chi connectivity index (χ0v) is 16.6. The van der Waals surface area contributed by atoms with E-state index < -0.39 is 0 Å². The topological polar surface area (TPSA) is 90.7 Å². The highest BCUT2D eigenvalue weighted by atomic mass is 16.5. The van der Waals surface area contributed by atoms with Gasteiger partial charge < -0.3 is 19.6 Å². The lowest BCUT2D eigenvalue weighted by atomic mass is 9.93. The van der Waals surface area contributed by atoms with Crippen molar-refractivity contribution in [3.63, 3.8) is 0 Å². The van der Waals surface area contributed by atoms with E-state index in [2.05, 4.69) is 15.8 Å². The van der Waals surface area contributed by atoms with Gasteiger partial charge in [0.2, 0.25) is 5.91 Å². The molecule has 2 aliphatic rings. The third-order valence-corrected chi connectivity index (χ3v) is 5.23. The average molecular weight is 377 g/mol. The minimum atomic E-state index is -0.197. The smallest absolute Gasteiger partial charge is 0.323 e. The Labute approximate surface area is 160 Å². The molecule has 0 bridgehead atoms. The Morgan fingerprint density at radius 1 is 1.19 bits per heavy atom. The van der Waals surface area contributed by atoms with Gasteiger partial charge in [0.15, 0.2) is 5.82 Å². The third-order valence-electron chi connectivity index (χ3n) is 5.23. The Bertz CT molecular complexity index is 661. The summed E-state index contributed by atoms with van der Waals surface area (Å²) in [4.78, 5) is 29.0. The molecule has 8 nitrogen and oxygen atoms in total. The molecule has 3 amide bonds. The van der Waals surface area contributed by atoms with Crippen LogP contribution in [0.25, 0.3) is 0 Å². The van der Waals surface area contributed by atoms with E-state index in [0.717, 1.165) is 38.1 Å². The molecular formula is C19H31N5O3. The van der Waals surface area contributed by atoms with Gasteiger partial charge in [-0.25, -0.2) is 4.79 Å². The van der Waals surface area contributed by atoms with E-state index in [1.165, 1.54) is 0 Å². The number of aromatic nitrogens is 1. The molecule has 2 aliphatic heterocycles. The molecule has 3 rings (SSSR count). The van der Waals surface area contributed by atoms with Crippen LogP contribution < -0.4 is 10.6 Å². The zero-order valence-electron chi connectivity index (χ0n) is 16.6. The van der Waals surface area contributed by atoms with Crippen LogP contribution in [0.4, 0.5) is 10.6 Å². The van der Waals surface area contributed by atoms with Crippen LogP contribution in [0.15, 0.2) is 10.6 Å². The largest absolute Gasteiger partial charge is 0.359 e. The molecular weight excluding hydrogens is 346 g/mol. The molecule has 0 radical (unpaired) electrons. The van der Waals surface area contributed by atoms with Crippen molar-refractivity contribution in [1.82, 2.24) is 20.3 Å². The van der Waals surface area contributed by atoms with Gasteiger partial charge >= 0.3 is 6.03 Å². The van der Waals surface area contributed by atoms with Crippen LogP contribution in [0.5, 0.6) is 0 Å². The molecule has 2 N–H and O–H groups in total. The Morgan fingerprint density at radius 2 is 1.93 bits per heavy atom. The van der Waals surface area contributed by atoms with Crippen molar-refractivity contribution in [1.29, 1.82) is 0 Å². The summed E-state index contributed by atoms with van der Waals surface area (Å²) in [6.45, 7) is 10.3. The van der Waals surface area contributed by atoms with Crippen LogP contribution in [0, 0.1) is 5.92 Å². The predicted molar refractivity (Wildman–Crippen MR) is 103 cm³/mol. The Balaban J connectivity index is 1.53.